The number of hydrogen-bond donors (Lipinski definition) is 2. The van der Waals surface area contributed by atoms with Gasteiger partial charge in [-0.25, -0.2) is 4.79 Å². The van der Waals surface area contributed by atoms with Crippen LogP contribution in [0.4, 0.5) is 5.69 Å². The van der Waals surface area contributed by atoms with Crippen LogP contribution < -0.4 is 5.73 Å². The maximum Gasteiger partial charge on any atom is 0.358 e. The van der Waals surface area contributed by atoms with Crippen molar-refractivity contribution in [2.45, 2.75) is 19.4 Å². The first-order valence-electron chi connectivity index (χ1n) is 4.25. The van der Waals surface area contributed by atoms with Gasteiger partial charge >= 0.3 is 5.97 Å². The van der Waals surface area contributed by atoms with Crippen molar-refractivity contribution >= 4 is 11.7 Å². The number of nitrogens with two attached hydrogens (primary N) is 1. The normalized spacial score (nSPS) is 12.4. The van der Waals surface area contributed by atoms with Crippen LogP contribution in [0, 0.1) is 0 Å². The van der Waals surface area contributed by atoms with Crippen LogP contribution in [0.3, 0.4) is 0 Å². The average Bonchev–Trinajstić information content (AvgIpc) is 2.48. The van der Waals surface area contributed by atoms with Gasteiger partial charge in [0.2, 0.25) is 0 Å². The number of nitrogens with zero attached hydrogens (tertiary/aromatic N) is 2. The second-order valence-corrected chi connectivity index (χ2v) is 3.09. The van der Waals surface area contributed by atoms with Gasteiger partial charge < -0.3 is 10.8 Å². The third-order valence-electron chi connectivity index (χ3n) is 1.92. The fourth-order valence-electron chi connectivity index (χ4n) is 1.15. The molecule has 0 aliphatic heterocycles. The highest BCUT2D eigenvalue weighted by atomic mass is 16.4. The molecule has 1 unspecified atom stereocenters. The van der Waals surface area contributed by atoms with Gasteiger partial charge in [-0.2, -0.15) is 5.10 Å². The summed E-state index contributed by atoms with van der Waals surface area (Å²) in [6, 6.07) is 0.0721. The van der Waals surface area contributed by atoms with E-state index in [1.807, 2.05) is 6.92 Å². The van der Waals surface area contributed by atoms with E-state index in [2.05, 4.69) is 11.7 Å². The van der Waals surface area contributed by atoms with Gasteiger partial charge in [0.1, 0.15) is 0 Å². The Hall–Kier alpha value is -1.78. The van der Waals surface area contributed by atoms with E-state index in [0.29, 0.717) is 0 Å². The zero-order chi connectivity index (χ0) is 10.7. The lowest BCUT2D eigenvalue weighted by Crippen LogP contribution is -2.07. The van der Waals surface area contributed by atoms with Crippen LogP contribution in [0.5, 0.6) is 0 Å². The number of nitrogen functional groups attached to an aromatic ring is 1. The smallest absolute Gasteiger partial charge is 0.358 e. The lowest BCUT2D eigenvalue weighted by Gasteiger charge is -2.07. The van der Waals surface area contributed by atoms with Crippen molar-refractivity contribution in [2.24, 2.45) is 0 Å². The van der Waals surface area contributed by atoms with E-state index in [0.717, 1.165) is 6.42 Å². The molecule has 0 bridgehead atoms. The molecule has 3 N–H and O–H groups in total. The van der Waals surface area contributed by atoms with Crippen LogP contribution in [0.15, 0.2) is 18.9 Å². The van der Waals surface area contributed by atoms with E-state index < -0.39 is 5.97 Å². The Morgan fingerprint density at radius 3 is 3.00 bits per heavy atom. The highest BCUT2D eigenvalue weighted by molar-refractivity contribution is 5.91. The summed E-state index contributed by atoms with van der Waals surface area (Å²) in [5.74, 6) is -1.10. The molecule has 0 amide bonds. The fourth-order valence-corrected chi connectivity index (χ4v) is 1.15. The van der Waals surface area contributed by atoms with E-state index >= 15 is 0 Å². The van der Waals surface area contributed by atoms with Crippen molar-refractivity contribution in [2.75, 3.05) is 5.73 Å². The Balaban J connectivity index is 2.95. The number of carboxylic acids is 1. The molecule has 1 rings (SSSR count). The molecular weight excluding hydrogens is 182 g/mol. The van der Waals surface area contributed by atoms with Crippen LogP contribution in [-0.4, -0.2) is 20.9 Å². The SMILES string of the molecule is C=CCC(C)n1cc(N)c(C(=O)O)n1. The summed E-state index contributed by atoms with van der Waals surface area (Å²) < 4.78 is 1.54. The van der Waals surface area contributed by atoms with E-state index in [4.69, 9.17) is 10.8 Å². The maximum absolute atomic E-state index is 10.6. The summed E-state index contributed by atoms with van der Waals surface area (Å²) in [5.41, 5.74) is 5.58. The molecule has 1 heterocycles. The first-order chi connectivity index (χ1) is 6.56. The summed E-state index contributed by atoms with van der Waals surface area (Å²) in [6.45, 7) is 5.52. The minimum Gasteiger partial charge on any atom is -0.476 e. The van der Waals surface area contributed by atoms with E-state index in [1.54, 1.807) is 10.8 Å². The number of aromatic nitrogens is 2. The van der Waals surface area contributed by atoms with Crippen LogP contribution in [0.2, 0.25) is 0 Å². The van der Waals surface area contributed by atoms with E-state index in [9.17, 15) is 4.79 Å². The molecule has 1 aromatic rings. The van der Waals surface area contributed by atoms with Crippen LogP contribution >= 0.6 is 0 Å². The number of hydrogen-bond acceptors (Lipinski definition) is 3. The predicted molar refractivity (Wildman–Crippen MR) is 53.1 cm³/mol. The Labute approximate surface area is 81.8 Å². The minimum atomic E-state index is -1.10. The number of aromatic carboxylic acids is 1. The van der Waals surface area contributed by atoms with Gasteiger partial charge in [0.15, 0.2) is 5.69 Å². The van der Waals surface area contributed by atoms with E-state index in [-0.39, 0.29) is 17.4 Å². The van der Waals surface area contributed by atoms with Crippen molar-refractivity contribution in [3.63, 3.8) is 0 Å². The minimum absolute atomic E-state index is 0.0721. The number of anilines is 1. The van der Waals surface area contributed by atoms with Gasteiger partial charge in [0, 0.05) is 6.20 Å². The van der Waals surface area contributed by atoms with Gasteiger partial charge in [0.05, 0.1) is 11.7 Å². The molecule has 14 heavy (non-hydrogen) atoms. The molecular formula is C9H13N3O2. The number of allylic oxidation sites excluding steroid dienone is 1. The Morgan fingerprint density at radius 2 is 2.57 bits per heavy atom. The van der Waals surface area contributed by atoms with Crippen LogP contribution in [-0.2, 0) is 0 Å². The lowest BCUT2D eigenvalue weighted by atomic mass is 10.2. The predicted octanol–water partition coefficient (Wildman–Crippen LogP) is 1.30. The topological polar surface area (TPSA) is 81.1 Å². The highest BCUT2D eigenvalue weighted by Crippen LogP contribution is 2.15. The molecule has 5 nitrogen and oxygen atoms in total. The Kier molecular flexibility index (Phi) is 2.91. The van der Waals surface area contributed by atoms with Crippen LogP contribution in [0.1, 0.15) is 29.9 Å². The summed E-state index contributed by atoms with van der Waals surface area (Å²) in [5, 5.41) is 12.6. The summed E-state index contributed by atoms with van der Waals surface area (Å²) in [6.07, 6.45) is 4.00. The number of rotatable bonds is 4. The van der Waals surface area contributed by atoms with E-state index in [1.165, 1.54) is 6.20 Å². The second-order valence-electron chi connectivity index (χ2n) is 3.09. The largest absolute Gasteiger partial charge is 0.476 e. The first kappa shape index (κ1) is 10.3. The molecule has 0 spiro atoms. The third-order valence-corrected chi connectivity index (χ3v) is 1.92. The molecule has 5 heteroatoms. The second kappa shape index (κ2) is 3.95. The third kappa shape index (κ3) is 1.93. The van der Waals surface area contributed by atoms with Gasteiger partial charge in [-0.1, -0.05) is 6.08 Å². The molecule has 0 saturated carbocycles. The Bertz CT molecular complexity index is 357. The molecule has 1 atom stereocenters. The molecule has 76 valence electrons. The van der Waals surface area contributed by atoms with Crippen molar-refractivity contribution in [1.29, 1.82) is 0 Å². The number of carboxylic acid groups (broad SMARTS) is 1. The first-order valence-corrected chi connectivity index (χ1v) is 4.25. The molecule has 0 fully saturated rings. The van der Waals surface area contributed by atoms with Gasteiger partial charge in [-0.15, -0.1) is 6.58 Å². The van der Waals surface area contributed by atoms with Gasteiger partial charge in [-0.3, -0.25) is 4.68 Å². The molecule has 0 aliphatic carbocycles. The highest BCUT2D eigenvalue weighted by Gasteiger charge is 2.15. The number of carbonyl (C=O) groups is 1. The molecule has 0 saturated heterocycles. The molecule has 0 radical (unpaired) electrons. The molecule has 0 aliphatic rings. The summed E-state index contributed by atoms with van der Waals surface area (Å²) >= 11 is 0. The fraction of sp³-hybridized carbons (Fsp3) is 0.333. The van der Waals surface area contributed by atoms with Crippen molar-refractivity contribution in [3.8, 4) is 0 Å². The quantitative estimate of drug-likeness (QED) is 0.709. The lowest BCUT2D eigenvalue weighted by molar-refractivity contribution is 0.0690. The standard InChI is InChI=1S/C9H13N3O2/c1-3-4-6(2)12-5-7(10)8(11-12)9(13)14/h3,5-6H,1,4,10H2,2H3,(H,13,14). The van der Waals surface area contributed by atoms with Crippen LogP contribution in [0.25, 0.3) is 0 Å². The average molecular weight is 195 g/mol. The molecule has 1 aromatic heterocycles. The Morgan fingerprint density at radius 1 is 1.93 bits per heavy atom. The summed E-state index contributed by atoms with van der Waals surface area (Å²) in [4.78, 5) is 10.6. The van der Waals surface area contributed by atoms with Crippen molar-refractivity contribution < 1.29 is 9.90 Å². The van der Waals surface area contributed by atoms with Gasteiger partial charge in [-0.05, 0) is 13.3 Å². The zero-order valence-electron chi connectivity index (χ0n) is 7.97. The van der Waals surface area contributed by atoms with Crippen molar-refractivity contribution in [1.82, 2.24) is 9.78 Å². The molecule has 0 aromatic carbocycles. The zero-order valence-corrected chi connectivity index (χ0v) is 7.97. The summed E-state index contributed by atoms with van der Waals surface area (Å²) in [7, 11) is 0. The maximum atomic E-state index is 10.6. The monoisotopic (exact) mass is 195 g/mol. The van der Waals surface area contributed by atoms with Crippen molar-refractivity contribution in [3.05, 3.63) is 24.5 Å². The van der Waals surface area contributed by atoms with Gasteiger partial charge in [0.25, 0.3) is 0 Å².